The Morgan fingerprint density at radius 1 is 1.23 bits per heavy atom. The van der Waals surface area contributed by atoms with Crippen LogP contribution in [0.3, 0.4) is 0 Å². The van der Waals surface area contributed by atoms with Crippen LogP contribution in [0.25, 0.3) is 10.9 Å². The Hall–Kier alpha value is -3.36. The van der Waals surface area contributed by atoms with Crippen LogP contribution in [-0.2, 0) is 6.54 Å². The van der Waals surface area contributed by atoms with Gasteiger partial charge >= 0.3 is 6.36 Å². The number of anilines is 1. The largest absolute Gasteiger partial charge is 0.573 e. The van der Waals surface area contributed by atoms with Crippen molar-refractivity contribution in [1.82, 2.24) is 15.3 Å². The maximum absolute atomic E-state index is 13.1. The van der Waals surface area contributed by atoms with E-state index in [4.69, 9.17) is 0 Å². The molecule has 1 saturated carbocycles. The number of nitrogens with one attached hydrogen (secondary N) is 2. The first-order chi connectivity index (χ1) is 14.8. The molecule has 4 rings (SSSR count). The fraction of sp³-hybridized carbons (Fsp3) is 0.318. The lowest BCUT2D eigenvalue weighted by Gasteiger charge is -2.16. The standard InChI is InChI=1S/C22H21F3N4O2/c1-2-26-17-11-18(21(30)28-12-15-5-3-4-8-27-15)29-20-16(17)9-14(13-6-7-13)10-19(20)31-22(23,24)25/h3-5,8-11,13H,2,6-7,12H2,1H3,(H,26,29)(H,28,30). The molecule has 0 atom stereocenters. The molecule has 1 aliphatic rings. The van der Waals surface area contributed by atoms with Crippen LogP contribution in [0, 0.1) is 0 Å². The highest BCUT2D eigenvalue weighted by Crippen LogP contribution is 2.44. The van der Waals surface area contributed by atoms with Crippen LogP contribution in [0.2, 0.25) is 0 Å². The average molecular weight is 430 g/mol. The Bertz CT molecular complexity index is 1100. The zero-order valence-corrected chi connectivity index (χ0v) is 16.8. The molecule has 1 aliphatic carbocycles. The lowest BCUT2D eigenvalue weighted by Crippen LogP contribution is -2.24. The van der Waals surface area contributed by atoms with Crippen molar-refractivity contribution in [2.45, 2.75) is 38.6 Å². The fourth-order valence-corrected chi connectivity index (χ4v) is 3.39. The molecule has 0 bridgehead atoms. The summed E-state index contributed by atoms with van der Waals surface area (Å²) in [5.41, 5.74) is 1.94. The van der Waals surface area contributed by atoms with E-state index in [0.29, 0.717) is 23.3 Å². The average Bonchev–Trinajstić information content (AvgIpc) is 3.57. The number of nitrogens with zero attached hydrogens (tertiary/aromatic N) is 2. The van der Waals surface area contributed by atoms with Gasteiger partial charge in [-0.25, -0.2) is 4.98 Å². The van der Waals surface area contributed by atoms with Gasteiger partial charge in [0.1, 0.15) is 11.2 Å². The van der Waals surface area contributed by atoms with Crippen molar-refractivity contribution >= 4 is 22.5 Å². The first-order valence-corrected chi connectivity index (χ1v) is 10.0. The van der Waals surface area contributed by atoms with E-state index in [2.05, 4.69) is 25.3 Å². The summed E-state index contributed by atoms with van der Waals surface area (Å²) in [7, 11) is 0. The number of aromatic nitrogens is 2. The molecule has 162 valence electrons. The molecule has 0 radical (unpaired) electrons. The van der Waals surface area contributed by atoms with Crippen molar-refractivity contribution in [1.29, 1.82) is 0 Å². The Labute approximate surface area is 176 Å². The molecule has 2 heterocycles. The Morgan fingerprint density at radius 3 is 2.68 bits per heavy atom. The smallest absolute Gasteiger partial charge is 0.403 e. The number of hydrogen-bond donors (Lipinski definition) is 2. The minimum Gasteiger partial charge on any atom is -0.403 e. The highest BCUT2D eigenvalue weighted by Gasteiger charge is 2.34. The number of carbonyl (C=O) groups excluding carboxylic acids is 1. The van der Waals surface area contributed by atoms with Crippen molar-refractivity contribution in [2.24, 2.45) is 0 Å². The first-order valence-electron chi connectivity index (χ1n) is 10.0. The summed E-state index contributed by atoms with van der Waals surface area (Å²) in [5.74, 6) is -0.697. The highest BCUT2D eigenvalue weighted by molar-refractivity contribution is 6.02. The van der Waals surface area contributed by atoms with Gasteiger partial charge in [0, 0.05) is 23.8 Å². The predicted molar refractivity (Wildman–Crippen MR) is 110 cm³/mol. The second-order valence-corrected chi connectivity index (χ2v) is 7.33. The number of halogens is 3. The molecule has 0 aliphatic heterocycles. The van der Waals surface area contributed by atoms with Crippen LogP contribution >= 0.6 is 0 Å². The van der Waals surface area contributed by atoms with E-state index in [9.17, 15) is 18.0 Å². The Morgan fingerprint density at radius 2 is 2.03 bits per heavy atom. The second-order valence-electron chi connectivity index (χ2n) is 7.33. The molecule has 6 nitrogen and oxygen atoms in total. The third kappa shape index (κ3) is 5.04. The van der Waals surface area contributed by atoms with Crippen LogP contribution in [-0.4, -0.2) is 28.8 Å². The molecule has 2 N–H and O–H groups in total. The lowest BCUT2D eigenvalue weighted by atomic mass is 10.0. The van der Waals surface area contributed by atoms with E-state index in [1.807, 2.05) is 13.0 Å². The van der Waals surface area contributed by atoms with Crippen molar-refractivity contribution < 1.29 is 22.7 Å². The topological polar surface area (TPSA) is 76.1 Å². The van der Waals surface area contributed by atoms with Crippen LogP contribution in [0.1, 0.15) is 47.4 Å². The van der Waals surface area contributed by atoms with Crippen LogP contribution in [0.5, 0.6) is 5.75 Å². The van der Waals surface area contributed by atoms with Crippen LogP contribution in [0.4, 0.5) is 18.9 Å². The predicted octanol–water partition coefficient (Wildman–Crippen LogP) is 4.77. The van der Waals surface area contributed by atoms with Crippen LogP contribution < -0.4 is 15.4 Å². The molecule has 1 aromatic carbocycles. The Kier molecular flexibility index (Phi) is 5.67. The Balaban J connectivity index is 1.75. The molecule has 2 aromatic heterocycles. The van der Waals surface area contributed by atoms with E-state index >= 15 is 0 Å². The molecule has 31 heavy (non-hydrogen) atoms. The number of pyridine rings is 2. The molecule has 1 amide bonds. The number of hydrogen-bond acceptors (Lipinski definition) is 5. The van der Waals surface area contributed by atoms with Gasteiger partial charge < -0.3 is 15.4 Å². The van der Waals surface area contributed by atoms with Crippen molar-refractivity contribution in [3.63, 3.8) is 0 Å². The molecule has 3 aromatic rings. The number of carbonyl (C=O) groups is 1. The number of benzene rings is 1. The summed E-state index contributed by atoms with van der Waals surface area (Å²) < 4.78 is 43.5. The maximum atomic E-state index is 13.1. The molecule has 0 spiro atoms. The fourth-order valence-electron chi connectivity index (χ4n) is 3.39. The molecule has 0 unspecified atom stereocenters. The van der Waals surface area contributed by atoms with Gasteiger partial charge in [-0.05, 0) is 61.6 Å². The van der Waals surface area contributed by atoms with Gasteiger partial charge in [0.25, 0.3) is 5.91 Å². The first kappa shape index (κ1) is 20.9. The number of rotatable bonds is 7. The number of fused-ring (bicyclic) bond motifs is 1. The zero-order chi connectivity index (χ0) is 22.0. The van der Waals surface area contributed by atoms with Gasteiger partial charge in [0.15, 0.2) is 5.75 Å². The van der Waals surface area contributed by atoms with E-state index in [0.717, 1.165) is 18.4 Å². The van der Waals surface area contributed by atoms with Gasteiger partial charge in [0.05, 0.1) is 12.2 Å². The van der Waals surface area contributed by atoms with Crippen molar-refractivity contribution in [2.75, 3.05) is 11.9 Å². The summed E-state index contributed by atoms with van der Waals surface area (Å²) in [4.78, 5) is 21.1. The maximum Gasteiger partial charge on any atom is 0.573 e. The van der Waals surface area contributed by atoms with E-state index in [1.165, 1.54) is 6.07 Å². The van der Waals surface area contributed by atoms with Gasteiger partial charge in [-0.1, -0.05) is 6.07 Å². The van der Waals surface area contributed by atoms with Crippen molar-refractivity contribution in [3.05, 3.63) is 59.5 Å². The number of alkyl halides is 3. The van der Waals surface area contributed by atoms with Crippen LogP contribution in [0.15, 0.2) is 42.6 Å². The minimum absolute atomic E-state index is 0.00872. The third-order valence-electron chi connectivity index (χ3n) is 4.93. The third-order valence-corrected chi connectivity index (χ3v) is 4.93. The minimum atomic E-state index is -4.87. The number of ether oxygens (including phenoxy) is 1. The molecular formula is C22H21F3N4O2. The molecular weight excluding hydrogens is 409 g/mol. The lowest BCUT2D eigenvalue weighted by molar-refractivity contribution is -0.274. The summed E-state index contributed by atoms with van der Waals surface area (Å²) in [6.07, 6.45) is -1.41. The van der Waals surface area contributed by atoms with E-state index in [1.54, 1.807) is 30.5 Å². The van der Waals surface area contributed by atoms with Gasteiger partial charge in [0.2, 0.25) is 0 Å². The van der Waals surface area contributed by atoms with Gasteiger partial charge in [-0.2, -0.15) is 0 Å². The normalized spacial score (nSPS) is 13.8. The molecule has 9 heteroatoms. The van der Waals surface area contributed by atoms with Crippen molar-refractivity contribution in [3.8, 4) is 5.75 Å². The monoisotopic (exact) mass is 430 g/mol. The van der Waals surface area contributed by atoms with Gasteiger partial charge in [-0.3, -0.25) is 9.78 Å². The quantitative estimate of drug-likeness (QED) is 0.565. The van der Waals surface area contributed by atoms with E-state index in [-0.39, 0.29) is 23.7 Å². The summed E-state index contributed by atoms with van der Waals surface area (Å²) >= 11 is 0. The van der Waals surface area contributed by atoms with Gasteiger partial charge in [-0.15, -0.1) is 13.2 Å². The van der Waals surface area contributed by atoms with E-state index < -0.39 is 18.0 Å². The molecule has 0 saturated heterocycles. The molecule has 1 fully saturated rings. The number of amides is 1. The zero-order valence-electron chi connectivity index (χ0n) is 16.8. The highest BCUT2D eigenvalue weighted by atomic mass is 19.4. The summed E-state index contributed by atoms with van der Waals surface area (Å²) in [6.45, 7) is 2.56. The SMILES string of the molecule is CCNc1cc(C(=O)NCc2ccccn2)nc2c(OC(F)(F)F)cc(C3CC3)cc12. The second kappa shape index (κ2) is 8.41. The summed E-state index contributed by atoms with van der Waals surface area (Å²) in [5, 5.41) is 6.32. The summed E-state index contributed by atoms with van der Waals surface area (Å²) in [6, 6.07) is 10.1.